The Morgan fingerprint density at radius 1 is 1.15 bits per heavy atom. The third-order valence-electron chi connectivity index (χ3n) is 2.49. The van der Waals surface area contributed by atoms with Crippen LogP contribution in [0, 0.1) is 5.41 Å². The Morgan fingerprint density at radius 2 is 1.80 bits per heavy atom. The van der Waals surface area contributed by atoms with Gasteiger partial charge in [0.15, 0.2) is 0 Å². The number of aryl methyl sites for hydroxylation is 1. The van der Waals surface area contributed by atoms with Crippen molar-refractivity contribution in [1.82, 2.24) is 0 Å². The van der Waals surface area contributed by atoms with Crippen LogP contribution >= 0.6 is 0 Å². The van der Waals surface area contributed by atoms with Gasteiger partial charge in [-0.1, -0.05) is 39.0 Å². The fourth-order valence-corrected chi connectivity index (χ4v) is 1.57. The summed E-state index contributed by atoms with van der Waals surface area (Å²) in [5.41, 5.74) is 0.793. The van der Waals surface area contributed by atoms with Gasteiger partial charge in [-0.2, -0.15) is 0 Å². The fraction of sp³-hybridized carbons (Fsp3) is 0.500. The first-order valence-electron chi connectivity index (χ1n) is 6.70. The van der Waals surface area contributed by atoms with Crippen LogP contribution in [-0.2, 0) is 20.7 Å². The van der Waals surface area contributed by atoms with E-state index in [4.69, 9.17) is 9.47 Å². The maximum Gasteiger partial charge on any atom is 0.308 e. The molecule has 0 heterocycles. The normalized spacial score (nSPS) is 11.0. The van der Waals surface area contributed by atoms with Gasteiger partial charge in [-0.05, 0) is 23.5 Å². The second kappa shape index (κ2) is 7.08. The molecule has 4 heteroatoms. The van der Waals surface area contributed by atoms with Crippen molar-refractivity contribution < 1.29 is 19.1 Å². The lowest BCUT2D eigenvalue weighted by Crippen LogP contribution is -2.18. The third-order valence-corrected chi connectivity index (χ3v) is 2.49. The lowest BCUT2D eigenvalue weighted by atomic mass is 9.99. The molecule has 0 aliphatic rings. The molecule has 0 saturated heterocycles. The number of esters is 2. The summed E-state index contributed by atoms with van der Waals surface area (Å²) in [6.07, 6.45) is 0.765. The molecule has 0 amide bonds. The Kier molecular flexibility index (Phi) is 5.74. The van der Waals surface area contributed by atoms with Gasteiger partial charge in [0, 0.05) is 13.3 Å². The molecule has 0 atom stereocenters. The lowest BCUT2D eigenvalue weighted by Gasteiger charge is -2.17. The van der Waals surface area contributed by atoms with Crippen molar-refractivity contribution >= 4 is 11.9 Å². The zero-order valence-electron chi connectivity index (χ0n) is 12.6. The van der Waals surface area contributed by atoms with E-state index in [9.17, 15) is 9.59 Å². The Bertz CT molecular complexity index is 472. The molecule has 0 saturated carbocycles. The van der Waals surface area contributed by atoms with Crippen LogP contribution in [0.3, 0.4) is 0 Å². The summed E-state index contributed by atoms with van der Waals surface area (Å²) in [7, 11) is 0. The van der Waals surface area contributed by atoms with Gasteiger partial charge in [0.2, 0.25) is 0 Å². The van der Waals surface area contributed by atoms with Crippen LogP contribution < -0.4 is 4.74 Å². The van der Waals surface area contributed by atoms with Crippen molar-refractivity contribution in [1.29, 1.82) is 0 Å². The van der Waals surface area contributed by atoms with E-state index in [1.807, 2.05) is 32.9 Å². The third kappa shape index (κ3) is 6.36. The smallest absolute Gasteiger partial charge is 0.308 e. The Balaban J connectivity index is 2.53. The maximum absolute atomic E-state index is 11.7. The van der Waals surface area contributed by atoms with E-state index in [1.165, 1.54) is 6.92 Å². The standard InChI is InChI=1S/C16H22O4/c1-12(17)20-14-8-6-5-7-13(14)9-10-15(18)19-11-16(2,3)4/h5-8H,9-11H2,1-4H3. The van der Waals surface area contributed by atoms with Gasteiger partial charge in [-0.25, -0.2) is 0 Å². The molecular weight excluding hydrogens is 256 g/mol. The molecule has 0 aromatic heterocycles. The Hall–Kier alpha value is -1.84. The highest BCUT2D eigenvalue weighted by Gasteiger charge is 2.14. The van der Waals surface area contributed by atoms with Gasteiger partial charge in [0.1, 0.15) is 5.75 Å². The maximum atomic E-state index is 11.7. The average molecular weight is 278 g/mol. The van der Waals surface area contributed by atoms with Crippen LogP contribution in [0.1, 0.15) is 39.7 Å². The van der Waals surface area contributed by atoms with Crippen molar-refractivity contribution in [3.05, 3.63) is 29.8 Å². The predicted octanol–water partition coefficient (Wildman–Crippen LogP) is 3.13. The minimum Gasteiger partial charge on any atom is -0.465 e. The van der Waals surface area contributed by atoms with Crippen molar-refractivity contribution in [2.24, 2.45) is 5.41 Å². The van der Waals surface area contributed by atoms with Crippen molar-refractivity contribution in [2.75, 3.05) is 6.61 Å². The van der Waals surface area contributed by atoms with E-state index in [2.05, 4.69) is 0 Å². The average Bonchev–Trinajstić information content (AvgIpc) is 2.34. The second-order valence-electron chi connectivity index (χ2n) is 5.92. The molecule has 0 aliphatic carbocycles. The number of carbonyl (C=O) groups excluding carboxylic acids is 2. The number of hydrogen-bond acceptors (Lipinski definition) is 4. The van der Waals surface area contributed by atoms with Crippen molar-refractivity contribution in [3.8, 4) is 5.75 Å². The molecule has 0 N–H and O–H groups in total. The largest absolute Gasteiger partial charge is 0.465 e. The molecule has 110 valence electrons. The first-order chi connectivity index (χ1) is 9.28. The lowest BCUT2D eigenvalue weighted by molar-refractivity contribution is -0.146. The molecule has 1 rings (SSSR count). The SMILES string of the molecule is CC(=O)Oc1ccccc1CCC(=O)OCC(C)(C)C. The zero-order valence-corrected chi connectivity index (χ0v) is 12.6. The first-order valence-corrected chi connectivity index (χ1v) is 6.70. The van der Waals surface area contributed by atoms with E-state index in [0.29, 0.717) is 18.8 Å². The molecule has 20 heavy (non-hydrogen) atoms. The predicted molar refractivity (Wildman–Crippen MR) is 76.5 cm³/mol. The van der Waals surface area contributed by atoms with Crippen LogP contribution in [0.5, 0.6) is 5.75 Å². The minimum absolute atomic E-state index is 0.0364. The number of benzene rings is 1. The van der Waals surface area contributed by atoms with E-state index in [0.717, 1.165) is 5.56 Å². The zero-order chi connectivity index (χ0) is 15.2. The summed E-state index contributed by atoms with van der Waals surface area (Å²) in [4.78, 5) is 22.7. The monoisotopic (exact) mass is 278 g/mol. The number of para-hydroxylation sites is 1. The summed E-state index contributed by atoms with van der Waals surface area (Å²) in [5, 5.41) is 0. The highest BCUT2D eigenvalue weighted by molar-refractivity contribution is 5.71. The molecule has 0 aliphatic heterocycles. The topological polar surface area (TPSA) is 52.6 Å². The highest BCUT2D eigenvalue weighted by Crippen LogP contribution is 2.20. The van der Waals surface area contributed by atoms with Gasteiger partial charge in [-0.3, -0.25) is 9.59 Å². The fourth-order valence-electron chi connectivity index (χ4n) is 1.57. The summed E-state index contributed by atoms with van der Waals surface area (Å²) in [6, 6.07) is 7.20. The van der Waals surface area contributed by atoms with Gasteiger partial charge in [0.25, 0.3) is 0 Å². The van der Waals surface area contributed by atoms with Crippen LogP contribution in [-0.4, -0.2) is 18.5 Å². The van der Waals surface area contributed by atoms with Crippen LogP contribution in [0.4, 0.5) is 0 Å². The minimum atomic E-state index is -0.368. The van der Waals surface area contributed by atoms with E-state index in [1.54, 1.807) is 12.1 Å². The molecule has 1 aromatic rings. The quantitative estimate of drug-likeness (QED) is 0.613. The summed E-state index contributed by atoms with van der Waals surface area (Å²) in [6.45, 7) is 7.79. The van der Waals surface area contributed by atoms with E-state index in [-0.39, 0.29) is 23.8 Å². The van der Waals surface area contributed by atoms with E-state index < -0.39 is 0 Å². The molecular formula is C16H22O4. The first kappa shape index (κ1) is 16.2. The number of rotatable bonds is 5. The van der Waals surface area contributed by atoms with Gasteiger partial charge < -0.3 is 9.47 Å². The molecule has 0 radical (unpaired) electrons. The summed E-state index contributed by atoms with van der Waals surface area (Å²) in [5.74, 6) is -0.103. The Morgan fingerprint density at radius 3 is 2.40 bits per heavy atom. The summed E-state index contributed by atoms with van der Waals surface area (Å²) < 4.78 is 10.3. The molecule has 0 bridgehead atoms. The molecule has 0 fully saturated rings. The van der Waals surface area contributed by atoms with Crippen LogP contribution in [0.2, 0.25) is 0 Å². The highest BCUT2D eigenvalue weighted by atomic mass is 16.5. The van der Waals surface area contributed by atoms with Gasteiger partial charge in [-0.15, -0.1) is 0 Å². The molecule has 0 unspecified atom stereocenters. The number of ether oxygens (including phenoxy) is 2. The van der Waals surface area contributed by atoms with Crippen LogP contribution in [0.15, 0.2) is 24.3 Å². The second-order valence-corrected chi connectivity index (χ2v) is 5.92. The Labute approximate surface area is 120 Å². The van der Waals surface area contributed by atoms with Gasteiger partial charge in [0.05, 0.1) is 6.61 Å². The summed E-state index contributed by atoms with van der Waals surface area (Å²) >= 11 is 0. The molecule has 0 spiro atoms. The number of carbonyl (C=O) groups is 2. The molecule has 4 nitrogen and oxygen atoms in total. The number of hydrogen-bond donors (Lipinski definition) is 0. The molecule has 1 aromatic carbocycles. The van der Waals surface area contributed by atoms with Crippen molar-refractivity contribution in [2.45, 2.75) is 40.5 Å². The van der Waals surface area contributed by atoms with E-state index >= 15 is 0 Å². The van der Waals surface area contributed by atoms with Crippen molar-refractivity contribution in [3.63, 3.8) is 0 Å². The van der Waals surface area contributed by atoms with Gasteiger partial charge >= 0.3 is 11.9 Å². The van der Waals surface area contributed by atoms with Crippen LogP contribution in [0.25, 0.3) is 0 Å².